The molecule has 3 aromatic carbocycles. The molecule has 0 radical (unpaired) electrons. The molecule has 1 aliphatic rings. The maximum absolute atomic E-state index is 3.95. The molecule has 1 aliphatic carbocycles. The highest BCUT2D eigenvalue weighted by Gasteiger charge is 2.35. The van der Waals surface area contributed by atoms with Crippen molar-refractivity contribution >= 4 is 17.0 Å². The summed E-state index contributed by atoms with van der Waals surface area (Å²) in [7, 11) is 0. The molecule has 1 nitrogen and oxygen atoms in total. The van der Waals surface area contributed by atoms with Crippen LogP contribution in [-0.2, 0) is 5.41 Å². The summed E-state index contributed by atoms with van der Waals surface area (Å²) < 4.78 is 2.40. The Morgan fingerprint density at radius 1 is 0.857 bits per heavy atom. The zero-order valence-corrected chi connectivity index (χ0v) is 17.0. The first-order valence-electron chi connectivity index (χ1n) is 9.92. The summed E-state index contributed by atoms with van der Waals surface area (Å²) in [5.41, 5.74) is 11.8. The second kappa shape index (κ2) is 5.72. The van der Waals surface area contributed by atoms with Crippen molar-refractivity contribution in [3.63, 3.8) is 0 Å². The Balaban J connectivity index is 1.79. The van der Waals surface area contributed by atoms with Crippen LogP contribution in [0, 0.1) is 13.8 Å². The van der Waals surface area contributed by atoms with Crippen molar-refractivity contribution in [1.82, 2.24) is 4.57 Å². The standard InChI is InChI=1S/C27H25N/c1-6-19-11-13-21-17(2)18(3)28(26(21)15-19)20-12-14-23-22-9-7-8-10-24(22)27(4,5)25(23)16-20/h6-16H,1H2,2-5H3. The fourth-order valence-electron chi connectivity index (χ4n) is 4.89. The molecule has 138 valence electrons. The minimum atomic E-state index is 0.0140. The summed E-state index contributed by atoms with van der Waals surface area (Å²) >= 11 is 0. The molecule has 0 N–H and O–H groups in total. The number of rotatable bonds is 2. The summed E-state index contributed by atoms with van der Waals surface area (Å²) in [6, 6.07) is 22.4. The number of aromatic nitrogens is 1. The van der Waals surface area contributed by atoms with E-state index in [1.807, 2.05) is 6.08 Å². The topological polar surface area (TPSA) is 4.93 Å². The van der Waals surface area contributed by atoms with E-state index in [1.165, 1.54) is 50.1 Å². The molecular weight excluding hydrogens is 338 g/mol. The van der Waals surface area contributed by atoms with Crippen LogP contribution in [0.2, 0.25) is 0 Å². The quantitative estimate of drug-likeness (QED) is 0.355. The number of benzene rings is 3. The average molecular weight is 364 g/mol. The molecule has 0 saturated carbocycles. The first-order valence-corrected chi connectivity index (χ1v) is 9.92. The lowest BCUT2D eigenvalue weighted by Crippen LogP contribution is -2.15. The van der Waals surface area contributed by atoms with Gasteiger partial charge in [-0.15, -0.1) is 0 Å². The van der Waals surface area contributed by atoms with Gasteiger partial charge in [-0.1, -0.05) is 69.0 Å². The maximum Gasteiger partial charge on any atom is 0.0540 e. The molecule has 28 heavy (non-hydrogen) atoms. The van der Waals surface area contributed by atoms with Crippen molar-refractivity contribution in [2.24, 2.45) is 0 Å². The van der Waals surface area contributed by atoms with Gasteiger partial charge in [-0.3, -0.25) is 0 Å². The van der Waals surface area contributed by atoms with Gasteiger partial charge in [0.05, 0.1) is 5.52 Å². The van der Waals surface area contributed by atoms with Crippen LogP contribution in [0.4, 0.5) is 0 Å². The lowest BCUT2D eigenvalue weighted by atomic mass is 9.82. The lowest BCUT2D eigenvalue weighted by Gasteiger charge is -2.22. The summed E-state index contributed by atoms with van der Waals surface area (Å²) in [4.78, 5) is 0. The Hall–Kier alpha value is -3.06. The molecule has 5 rings (SSSR count). The van der Waals surface area contributed by atoms with Crippen LogP contribution in [-0.4, -0.2) is 4.57 Å². The molecule has 0 saturated heterocycles. The first kappa shape index (κ1) is 17.1. The van der Waals surface area contributed by atoms with Crippen molar-refractivity contribution < 1.29 is 0 Å². The zero-order chi connectivity index (χ0) is 19.6. The van der Waals surface area contributed by atoms with Gasteiger partial charge in [0.15, 0.2) is 0 Å². The van der Waals surface area contributed by atoms with Crippen LogP contribution in [0.3, 0.4) is 0 Å². The highest BCUT2D eigenvalue weighted by atomic mass is 15.0. The van der Waals surface area contributed by atoms with E-state index in [0.29, 0.717) is 0 Å². The summed E-state index contributed by atoms with van der Waals surface area (Å²) in [6.07, 6.45) is 1.92. The minimum Gasteiger partial charge on any atom is -0.314 e. The second-order valence-corrected chi connectivity index (χ2v) is 8.43. The van der Waals surface area contributed by atoms with E-state index < -0.39 is 0 Å². The van der Waals surface area contributed by atoms with Gasteiger partial charge >= 0.3 is 0 Å². The molecule has 0 atom stereocenters. The Morgan fingerprint density at radius 3 is 2.39 bits per heavy atom. The van der Waals surface area contributed by atoms with Crippen molar-refractivity contribution in [3.8, 4) is 16.8 Å². The van der Waals surface area contributed by atoms with Crippen LogP contribution in [0.5, 0.6) is 0 Å². The van der Waals surface area contributed by atoms with Crippen LogP contribution >= 0.6 is 0 Å². The van der Waals surface area contributed by atoms with E-state index in [4.69, 9.17) is 0 Å². The van der Waals surface area contributed by atoms with Gasteiger partial charge in [0.1, 0.15) is 0 Å². The van der Waals surface area contributed by atoms with Crippen molar-refractivity contribution in [3.05, 3.63) is 95.2 Å². The van der Waals surface area contributed by atoms with Gasteiger partial charge in [-0.05, 0) is 65.4 Å². The van der Waals surface area contributed by atoms with Crippen molar-refractivity contribution in [2.75, 3.05) is 0 Å². The predicted molar refractivity (Wildman–Crippen MR) is 120 cm³/mol. The summed E-state index contributed by atoms with van der Waals surface area (Å²) in [5, 5.41) is 1.31. The Kier molecular flexibility index (Phi) is 3.49. The largest absolute Gasteiger partial charge is 0.314 e. The average Bonchev–Trinajstić information content (AvgIpc) is 3.10. The smallest absolute Gasteiger partial charge is 0.0540 e. The molecule has 1 aromatic heterocycles. The van der Waals surface area contributed by atoms with Crippen LogP contribution < -0.4 is 0 Å². The monoisotopic (exact) mass is 363 g/mol. The summed E-state index contributed by atoms with van der Waals surface area (Å²) in [6.45, 7) is 13.1. The molecule has 0 aliphatic heterocycles. The first-order chi connectivity index (χ1) is 13.4. The van der Waals surface area contributed by atoms with E-state index >= 15 is 0 Å². The van der Waals surface area contributed by atoms with E-state index in [9.17, 15) is 0 Å². The molecule has 0 unspecified atom stereocenters. The number of hydrogen-bond donors (Lipinski definition) is 0. The molecule has 0 amide bonds. The van der Waals surface area contributed by atoms with Gasteiger partial charge in [-0.25, -0.2) is 0 Å². The lowest BCUT2D eigenvalue weighted by molar-refractivity contribution is 0.659. The number of hydrogen-bond acceptors (Lipinski definition) is 0. The number of fused-ring (bicyclic) bond motifs is 4. The Labute approximate surface area is 167 Å². The minimum absolute atomic E-state index is 0.0140. The second-order valence-electron chi connectivity index (χ2n) is 8.43. The third-order valence-electron chi connectivity index (χ3n) is 6.61. The molecule has 4 aromatic rings. The Morgan fingerprint density at radius 2 is 1.61 bits per heavy atom. The fraction of sp³-hybridized carbons (Fsp3) is 0.185. The predicted octanol–water partition coefficient (Wildman–Crippen LogP) is 7.20. The van der Waals surface area contributed by atoms with Crippen LogP contribution in [0.25, 0.3) is 33.8 Å². The number of nitrogens with zero attached hydrogens (tertiary/aromatic N) is 1. The van der Waals surface area contributed by atoms with Crippen molar-refractivity contribution in [1.29, 1.82) is 0 Å². The highest BCUT2D eigenvalue weighted by molar-refractivity contribution is 5.89. The van der Waals surface area contributed by atoms with Gasteiger partial charge < -0.3 is 4.57 Å². The van der Waals surface area contributed by atoms with Crippen LogP contribution in [0.1, 0.15) is 41.8 Å². The van der Waals surface area contributed by atoms with Gasteiger partial charge in [0, 0.05) is 22.2 Å². The Bertz CT molecular complexity index is 1270. The van der Waals surface area contributed by atoms with E-state index in [1.54, 1.807) is 0 Å². The maximum atomic E-state index is 3.95. The molecular formula is C27H25N. The molecule has 1 heterocycles. The van der Waals surface area contributed by atoms with Gasteiger partial charge in [-0.2, -0.15) is 0 Å². The fourth-order valence-corrected chi connectivity index (χ4v) is 4.89. The third-order valence-corrected chi connectivity index (χ3v) is 6.61. The molecule has 0 bridgehead atoms. The van der Waals surface area contributed by atoms with E-state index in [0.717, 1.165) is 5.56 Å². The summed E-state index contributed by atoms with van der Waals surface area (Å²) in [5.74, 6) is 0. The highest BCUT2D eigenvalue weighted by Crippen LogP contribution is 2.49. The SMILES string of the molecule is C=Cc1ccc2c(C)c(C)n(-c3ccc4c(c3)C(C)(C)c3ccccc3-4)c2c1. The third kappa shape index (κ3) is 2.13. The van der Waals surface area contributed by atoms with Gasteiger partial charge in [0.2, 0.25) is 0 Å². The zero-order valence-electron chi connectivity index (χ0n) is 17.0. The molecule has 0 spiro atoms. The van der Waals surface area contributed by atoms with Crippen molar-refractivity contribution in [2.45, 2.75) is 33.1 Å². The molecule has 1 heteroatoms. The molecule has 0 fully saturated rings. The van der Waals surface area contributed by atoms with E-state index in [-0.39, 0.29) is 5.41 Å². The normalized spacial score (nSPS) is 14.1. The van der Waals surface area contributed by atoms with Gasteiger partial charge in [0.25, 0.3) is 0 Å². The number of aryl methyl sites for hydroxylation is 1. The van der Waals surface area contributed by atoms with E-state index in [2.05, 4.69) is 99.5 Å². The van der Waals surface area contributed by atoms with Crippen LogP contribution in [0.15, 0.2) is 67.2 Å².